The molecule has 0 saturated carbocycles. The number of thioether (sulfide) groups is 1. The molecule has 0 aliphatic rings. The van der Waals surface area contributed by atoms with Gasteiger partial charge < -0.3 is 5.32 Å². The molecule has 0 saturated heterocycles. The summed E-state index contributed by atoms with van der Waals surface area (Å²) in [6.45, 7) is 0. The van der Waals surface area contributed by atoms with Crippen LogP contribution in [0.2, 0.25) is 0 Å². The maximum Gasteiger partial charge on any atom is 0.257 e. The van der Waals surface area contributed by atoms with Crippen LogP contribution in [0.3, 0.4) is 0 Å². The molecule has 3 aromatic carbocycles. The largest absolute Gasteiger partial charge is 0.323 e. The molecule has 0 bridgehead atoms. The molecule has 1 heterocycles. The summed E-state index contributed by atoms with van der Waals surface area (Å²) in [5, 5.41) is 13.5. The van der Waals surface area contributed by atoms with Crippen molar-refractivity contribution in [2.45, 2.75) is 4.34 Å². The number of nitrogens with zero attached hydrogens (tertiary/aromatic N) is 2. The SMILES string of the molecule is O=C(CSc1nnc(NC(=O)c2ccc(-c3ccccc3)cc2)s1)Nc1ccccc1F. The Morgan fingerprint density at radius 1 is 0.844 bits per heavy atom. The summed E-state index contributed by atoms with van der Waals surface area (Å²) in [6.07, 6.45) is 0. The molecule has 0 aliphatic carbocycles. The van der Waals surface area contributed by atoms with Crippen LogP contribution in [0.1, 0.15) is 10.4 Å². The van der Waals surface area contributed by atoms with Crippen molar-refractivity contribution in [2.24, 2.45) is 0 Å². The molecule has 1 aromatic heterocycles. The first kappa shape index (κ1) is 21.7. The summed E-state index contributed by atoms with van der Waals surface area (Å²) in [5.74, 6) is -1.12. The zero-order valence-electron chi connectivity index (χ0n) is 16.6. The number of hydrogen-bond donors (Lipinski definition) is 2. The molecule has 0 radical (unpaired) electrons. The lowest BCUT2D eigenvalue weighted by molar-refractivity contribution is -0.113. The number of carbonyl (C=O) groups is 2. The van der Waals surface area contributed by atoms with E-state index in [0.717, 1.165) is 34.2 Å². The third-order valence-corrected chi connectivity index (χ3v) is 6.33. The van der Waals surface area contributed by atoms with Gasteiger partial charge in [-0.15, -0.1) is 10.2 Å². The number of hydrogen-bond acceptors (Lipinski definition) is 6. The van der Waals surface area contributed by atoms with Crippen LogP contribution in [-0.2, 0) is 4.79 Å². The van der Waals surface area contributed by atoms with Crippen LogP contribution in [0.4, 0.5) is 15.2 Å². The second kappa shape index (κ2) is 10.2. The average Bonchev–Trinajstić information content (AvgIpc) is 3.27. The minimum Gasteiger partial charge on any atom is -0.323 e. The number of aromatic nitrogens is 2. The lowest BCUT2D eigenvalue weighted by Gasteiger charge is -2.05. The highest BCUT2D eigenvalue weighted by atomic mass is 32.2. The molecule has 0 atom stereocenters. The van der Waals surface area contributed by atoms with Gasteiger partial charge in [0.2, 0.25) is 11.0 Å². The first-order valence-electron chi connectivity index (χ1n) is 9.56. The minimum absolute atomic E-state index is 0.0395. The predicted octanol–water partition coefficient (Wildman–Crippen LogP) is 5.33. The molecule has 4 aromatic rings. The lowest BCUT2D eigenvalue weighted by Crippen LogP contribution is -2.14. The second-order valence-corrected chi connectivity index (χ2v) is 8.79. The standard InChI is InChI=1S/C23H17FN4O2S2/c24-18-8-4-5-9-19(18)25-20(29)14-31-23-28-27-22(32-23)26-21(30)17-12-10-16(11-13-17)15-6-2-1-3-7-15/h1-13H,14H2,(H,25,29)(H,26,27,30). The van der Waals surface area contributed by atoms with Crippen molar-refractivity contribution >= 4 is 45.7 Å². The molecule has 4 rings (SSSR count). The van der Waals surface area contributed by atoms with Gasteiger partial charge in [0.05, 0.1) is 11.4 Å². The van der Waals surface area contributed by atoms with Crippen LogP contribution in [0.15, 0.2) is 83.2 Å². The van der Waals surface area contributed by atoms with E-state index in [0.29, 0.717) is 15.0 Å². The molecule has 0 unspecified atom stereocenters. The van der Waals surface area contributed by atoms with Crippen LogP contribution >= 0.6 is 23.1 Å². The van der Waals surface area contributed by atoms with Gasteiger partial charge in [0.1, 0.15) is 5.82 Å². The molecule has 0 fully saturated rings. The molecular formula is C23H17FN4O2S2. The molecule has 0 spiro atoms. The Hall–Kier alpha value is -3.56. The number of halogens is 1. The van der Waals surface area contributed by atoms with Gasteiger partial charge in [-0.2, -0.15) is 0 Å². The van der Waals surface area contributed by atoms with E-state index < -0.39 is 5.82 Å². The zero-order chi connectivity index (χ0) is 22.3. The maximum atomic E-state index is 13.6. The third kappa shape index (κ3) is 5.57. The maximum absolute atomic E-state index is 13.6. The van der Waals surface area contributed by atoms with Crippen LogP contribution in [0, 0.1) is 5.82 Å². The number of carbonyl (C=O) groups excluding carboxylic acids is 2. The van der Waals surface area contributed by atoms with E-state index >= 15 is 0 Å². The fourth-order valence-corrected chi connectivity index (χ4v) is 4.36. The smallest absolute Gasteiger partial charge is 0.257 e. The number of benzene rings is 3. The zero-order valence-corrected chi connectivity index (χ0v) is 18.3. The van der Waals surface area contributed by atoms with Gasteiger partial charge in [0, 0.05) is 5.56 Å². The predicted molar refractivity (Wildman–Crippen MR) is 125 cm³/mol. The van der Waals surface area contributed by atoms with Crippen molar-refractivity contribution in [3.05, 3.63) is 90.2 Å². The number of para-hydroxylation sites is 1. The first-order chi connectivity index (χ1) is 15.6. The van der Waals surface area contributed by atoms with Crippen molar-refractivity contribution in [2.75, 3.05) is 16.4 Å². The Morgan fingerprint density at radius 3 is 2.28 bits per heavy atom. The lowest BCUT2D eigenvalue weighted by atomic mass is 10.0. The van der Waals surface area contributed by atoms with E-state index in [-0.39, 0.29) is 23.3 Å². The molecule has 6 nitrogen and oxygen atoms in total. The van der Waals surface area contributed by atoms with Gasteiger partial charge in [0.15, 0.2) is 4.34 Å². The summed E-state index contributed by atoms with van der Waals surface area (Å²) in [5.41, 5.74) is 2.72. The van der Waals surface area contributed by atoms with E-state index in [1.807, 2.05) is 42.5 Å². The molecule has 160 valence electrons. The Morgan fingerprint density at radius 2 is 1.53 bits per heavy atom. The highest BCUT2D eigenvalue weighted by molar-refractivity contribution is 8.01. The van der Waals surface area contributed by atoms with Crippen LogP contribution in [0.25, 0.3) is 11.1 Å². The van der Waals surface area contributed by atoms with E-state index in [9.17, 15) is 14.0 Å². The van der Waals surface area contributed by atoms with Gasteiger partial charge in [-0.1, -0.05) is 77.7 Å². The second-order valence-electron chi connectivity index (χ2n) is 6.59. The number of rotatable bonds is 7. The summed E-state index contributed by atoms with van der Waals surface area (Å²) in [7, 11) is 0. The van der Waals surface area contributed by atoms with Crippen LogP contribution in [0.5, 0.6) is 0 Å². The van der Waals surface area contributed by atoms with Gasteiger partial charge in [-0.3, -0.25) is 14.9 Å². The van der Waals surface area contributed by atoms with Crippen molar-refractivity contribution in [1.29, 1.82) is 0 Å². The Balaban J connectivity index is 1.30. The highest BCUT2D eigenvalue weighted by Gasteiger charge is 2.13. The Kier molecular flexibility index (Phi) is 6.88. The minimum atomic E-state index is -0.497. The van der Waals surface area contributed by atoms with Crippen molar-refractivity contribution in [3.8, 4) is 11.1 Å². The van der Waals surface area contributed by atoms with Crippen LogP contribution in [-0.4, -0.2) is 27.8 Å². The summed E-state index contributed by atoms with van der Waals surface area (Å²) in [4.78, 5) is 24.5. The summed E-state index contributed by atoms with van der Waals surface area (Å²) < 4.78 is 14.1. The summed E-state index contributed by atoms with van der Waals surface area (Å²) in [6, 6.07) is 23.1. The fourth-order valence-electron chi connectivity index (χ4n) is 2.81. The molecule has 0 aliphatic heterocycles. The van der Waals surface area contributed by atoms with E-state index in [1.54, 1.807) is 24.3 Å². The molecule has 2 amide bonds. The van der Waals surface area contributed by atoms with E-state index in [1.165, 1.54) is 12.1 Å². The average molecular weight is 465 g/mol. The van der Waals surface area contributed by atoms with Crippen molar-refractivity contribution in [1.82, 2.24) is 10.2 Å². The van der Waals surface area contributed by atoms with E-state index in [4.69, 9.17) is 0 Å². The van der Waals surface area contributed by atoms with Crippen molar-refractivity contribution < 1.29 is 14.0 Å². The van der Waals surface area contributed by atoms with Gasteiger partial charge >= 0.3 is 0 Å². The summed E-state index contributed by atoms with van der Waals surface area (Å²) >= 11 is 2.32. The van der Waals surface area contributed by atoms with Gasteiger partial charge in [0.25, 0.3) is 5.91 Å². The molecule has 32 heavy (non-hydrogen) atoms. The van der Waals surface area contributed by atoms with Gasteiger partial charge in [-0.25, -0.2) is 4.39 Å². The first-order valence-corrected chi connectivity index (χ1v) is 11.4. The Labute approximate surface area is 191 Å². The highest BCUT2D eigenvalue weighted by Crippen LogP contribution is 2.26. The third-order valence-electron chi connectivity index (χ3n) is 4.36. The molecule has 2 N–H and O–H groups in total. The molecule has 9 heteroatoms. The normalized spacial score (nSPS) is 10.5. The van der Waals surface area contributed by atoms with Gasteiger partial charge in [-0.05, 0) is 35.4 Å². The monoisotopic (exact) mass is 464 g/mol. The van der Waals surface area contributed by atoms with E-state index in [2.05, 4.69) is 20.8 Å². The topological polar surface area (TPSA) is 84.0 Å². The fraction of sp³-hybridized carbons (Fsp3) is 0.0435. The molecular weight excluding hydrogens is 447 g/mol. The number of nitrogens with one attached hydrogen (secondary N) is 2. The number of amides is 2. The quantitative estimate of drug-likeness (QED) is 0.285. The van der Waals surface area contributed by atoms with Crippen molar-refractivity contribution in [3.63, 3.8) is 0 Å². The number of anilines is 2. The Bertz CT molecular complexity index is 1230. The van der Waals surface area contributed by atoms with Crippen LogP contribution < -0.4 is 10.6 Å².